The molecule has 3 aromatic carbocycles. The molecule has 0 aliphatic carbocycles. The Labute approximate surface area is 192 Å². The summed E-state index contributed by atoms with van der Waals surface area (Å²) in [5.74, 6) is -0.277. The van der Waals surface area contributed by atoms with Crippen LogP contribution in [0.4, 0.5) is 5.69 Å². The molecule has 2 amide bonds. The number of carbonyl (C=O) groups excluding carboxylic acids is 2. The van der Waals surface area contributed by atoms with Crippen molar-refractivity contribution in [2.24, 2.45) is 5.10 Å². The molecule has 166 valence electrons. The van der Waals surface area contributed by atoms with Crippen molar-refractivity contribution in [2.45, 2.75) is 26.9 Å². The zero-order valence-electron chi connectivity index (χ0n) is 18.5. The lowest BCUT2D eigenvalue weighted by molar-refractivity contribution is -0.126. The smallest absolute Gasteiger partial charge is 0.249 e. The number of hydrazone groups is 1. The van der Waals surface area contributed by atoms with E-state index in [1.54, 1.807) is 36.4 Å². The number of ether oxygens (including phenoxy) is 1. The van der Waals surface area contributed by atoms with Crippen LogP contribution in [0, 0.1) is 25.2 Å². The molecule has 0 aliphatic heterocycles. The van der Waals surface area contributed by atoms with E-state index in [9.17, 15) is 9.59 Å². The first kappa shape index (κ1) is 23.2. The van der Waals surface area contributed by atoms with Gasteiger partial charge in [-0.3, -0.25) is 9.59 Å². The molecule has 3 rings (SSSR count). The lowest BCUT2D eigenvalue weighted by Crippen LogP contribution is -2.24. The fraction of sp³-hybridized carbons (Fsp3) is 0.154. The molecule has 0 bridgehead atoms. The first-order valence-corrected chi connectivity index (χ1v) is 10.3. The zero-order chi connectivity index (χ0) is 23.6. The molecule has 7 nitrogen and oxygen atoms in total. The van der Waals surface area contributed by atoms with Gasteiger partial charge in [-0.05, 0) is 73.0 Å². The fourth-order valence-electron chi connectivity index (χ4n) is 2.95. The average molecular weight is 441 g/mol. The van der Waals surface area contributed by atoms with Crippen LogP contribution in [-0.4, -0.2) is 18.0 Å². The molecule has 2 N–H and O–H groups in total. The Kier molecular flexibility index (Phi) is 7.92. The van der Waals surface area contributed by atoms with E-state index in [0.717, 1.165) is 22.3 Å². The van der Waals surface area contributed by atoms with Crippen LogP contribution < -0.4 is 15.5 Å². The number of aryl methyl sites for hydroxylation is 2. The third-order valence-electron chi connectivity index (χ3n) is 4.93. The highest BCUT2D eigenvalue weighted by molar-refractivity contribution is 6.03. The van der Waals surface area contributed by atoms with Crippen molar-refractivity contribution in [1.29, 1.82) is 5.26 Å². The molecule has 7 heteroatoms. The van der Waals surface area contributed by atoms with E-state index in [1.165, 1.54) is 6.21 Å². The predicted molar refractivity (Wildman–Crippen MR) is 127 cm³/mol. The first-order chi connectivity index (χ1) is 15.9. The van der Waals surface area contributed by atoms with E-state index < -0.39 is 11.8 Å². The Bertz CT molecular complexity index is 1210. The number of carbonyl (C=O) groups is 2. The van der Waals surface area contributed by atoms with Crippen molar-refractivity contribution >= 4 is 23.7 Å². The molecule has 0 atom stereocenters. The molecular weight excluding hydrogens is 416 g/mol. The van der Waals surface area contributed by atoms with Gasteiger partial charge in [-0.15, -0.1) is 0 Å². The van der Waals surface area contributed by atoms with E-state index in [2.05, 4.69) is 21.9 Å². The van der Waals surface area contributed by atoms with Gasteiger partial charge in [-0.1, -0.05) is 24.3 Å². The number of nitriles is 1. The average Bonchev–Trinajstić information content (AvgIpc) is 2.81. The summed E-state index contributed by atoms with van der Waals surface area (Å²) in [7, 11) is 0. The van der Waals surface area contributed by atoms with Crippen LogP contribution in [-0.2, 0) is 16.2 Å². The first-order valence-electron chi connectivity index (χ1n) is 10.3. The SMILES string of the molecule is Cc1ccc(NC(=O)CC(=O)NN=Cc2ccc(OCc3ccccc3C#N)cc2)cc1C. The van der Waals surface area contributed by atoms with Crippen LogP contribution >= 0.6 is 0 Å². The van der Waals surface area contributed by atoms with Gasteiger partial charge in [0.2, 0.25) is 11.8 Å². The molecule has 0 saturated carbocycles. The Balaban J connectivity index is 1.44. The number of nitrogens with one attached hydrogen (secondary N) is 2. The largest absolute Gasteiger partial charge is 0.489 e. The second-order valence-corrected chi connectivity index (χ2v) is 7.44. The summed E-state index contributed by atoms with van der Waals surface area (Å²) in [5, 5.41) is 15.7. The van der Waals surface area contributed by atoms with E-state index in [4.69, 9.17) is 10.00 Å². The van der Waals surface area contributed by atoms with Gasteiger partial charge >= 0.3 is 0 Å². The van der Waals surface area contributed by atoms with Crippen molar-refractivity contribution in [2.75, 3.05) is 5.32 Å². The zero-order valence-corrected chi connectivity index (χ0v) is 18.5. The van der Waals surface area contributed by atoms with Gasteiger partial charge in [0.05, 0.1) is 17.8 Å². The summed E-state index contributed by atoms with van der Waals surface area (Å²) in [6.07, 6.45) is 1.15. The minimum atomic E-state index is -0.510. The highest BCUT2D eigenvalue weighted by Crippen LogP contribution is 2.16. The molecule has 0 aliphatic rings. The summed E-state index contributed by atoms with van der Waals surface area (Å²) >= 11 is 0. The number of rotatable bonds is 8. The van der Waals surface area contributed by atoms with E-state index >= 15 is 0 Å². The summed E-state index contributed by atoms with van der Waals surface area (Å²) in [6.45, 7) is 4.24. The van der Waals surface area contributed by atoms with E-state index in [1.807, 2.05) is 44.2 Å². The maximum Gasteiger partial charge on any atom is 0.249 e. The number of hydrogen-bond donors (Lipinski definition) is 2. The molecule has 0 radical (unpaired) electrons. The van der Waals surface area contributed by atoms with Gasteiger partial charge in [-0.25, -0.2) is 5.43 Å². The Hall–Kier alpha value is -4.44. The number of amides is 2. The minimum absolute atomic E-state index is 0.289. The van der Waals surface area contributed by atoms with Crippen LogP contribution in [0.5, 0.6) is 5.75 Å². The number of benzene rings is 3. The highest BCUT2D eigenvalue weighted by Gasteiger charge is 2.09. The molecule has 0 aromatic heterocycles. The molecule has 0 spiro atoms. The molecule has 3 aromatic rings. The van der Waals surface area contributed by atoms with Crippen molar-refractivity contribution in [3.63, 3.8) is 0 Å². The number of hydrogen-bond acceptors (Lipinski definition) is 5. The summed E-state index contributed by atoms with van der Waals surface area (Å²) in [5.41, 5.74) is 7.34. The van der Waals surface area contributed by atoms with Gasteiger partial charge in [0, 0.05) is 11.3 Å². The lowest BCUT2D eigenvalue weighted by atomic mass is 10.1. The van der Waals surface area contributed by atoms with Gasteiger partial charge in [0.1, 0.15) is 18.8 Å². The van der Waals surface area contributed by atoms with Crippen LogP contribution in [0.1, 0.15) is 34.2 Å². The van der Waals surface area contributed by atoms with Crippen molar-refractivity contribution in [3.8, 4) is 11.8 Å². The maximum absolute atomic E-state index is 12.0. The minimum Gasteiger partial charge on any atom is -0.489 e. The van der Waals surface area contributed by atoms with E-state index in [-0.39, 0.29) is 13.0 Å². The van der Waals surface area contributed by atoms with Crippen LogP contribution in [0.3, 0.4) is 0 Å². The lowest BCUT2D eigenvalue weighted by Gasteiger charge is -2.08. The van der Waals surface area contributed by atoms with Crippen LogP contribution in [0.2, 0.25) is 0 Å². The molecule has 0 unspecified atom stereocenters. The molecule has 0 heterocycles. The monoisotopic (exact) mass is 440 g/mol. The number of anilines is 1. The van der Waals surface area contributed by atoms with E-state index in [0.29, 0.717) is 17.0 Å². The van der Waals surface area contributed by atoms with Crippen LogP contribution in [0.15, 0.2) is 71.8 Å². The van der Waals surface area contributed by atoms with Gasteiger partial charge in [0.25, 0.3) is 0 Å². The predicted octanol–water partition coefficient (Wildman–Crippen LogP) is 4.23. The van der Waals surface area contributed by atoms with Gasteiger partial charge in [0.15, 0.2) is 0 Å². The van der Waals surface area contributed by atoms with Crippen molar-refractivity contribution < 1.29 is 14.3 Å². The third-order valence-corrected chi connectivity index (χ3v) is 4.93. The Morgan fingerprint density at radius 3 is 2.48 bits per heavy atom. The molecule has 0 saturated heterocycles. The maximum atomic E-state index is 12.0. The normalized spacial score (nSPS) is 10.5. The van der Waals surface area contributed by atoms with Crippen molar-refractivity contribution in [1.82, 2.24) is 5.43 Å². The summed E-state index contributed by atoms with van der Waals surface area (Å²) in [4.78, 5) is 24.0. The Morgan fingerprint density at radius 1 is 1.00 bits per heavy atom. The summed E-state index contributed by atoms with van der Waals surface area (Å²) < 4.78 is 5.73. The standard InChI is InChI=1S/C26H24N4O3/c1-18-7-10-23(13-19(18)2)29-25(31)14-26(32)30-28-16-20-8-11-24(12-9-20)33-17-22-6-4-3-5-21(22)15-27/h3-13,16H,14,17H2,1-2H3,(H,29,31)(H,30,32). The quantitative estimate of drug-likeness (QED) is 0.311. The second-order valence-electron chi connectivity index (χ2n) is 7.44. The van der Waals surface area contributed by atoms with Gasteiger partial charge < -0.3 is 10.1 Å². The molecule has 33 heavy (non-hydrogen) atoms. The Morgan fingerprint density at radius 2 is 1.76 bits per heavy atom. The van der Waals surface area contributed by atoms with Crippen LogP contribution in [0.25, 0.3) is 0 Å². The van der Waals surface area contributed by atoms with Gasteiger partial charge in [-0.2, -0.15) is 10.4 Å². The fourth-order valence-corrected chi connectivity index (χ4v) is 2.95. The third kappa shape index (κ3) is 7.04. The highest BCUT2D eigenvalue weighted by atomic mass is 16.5. The van der Waals surface area contributed by atoms with Crippen molar-refractivity contribution in [3.05, 3.63) is 94.5 Å². The molecule has 0 fully saturated rings. The topological polar surface area (TPSA) is 104 Å². The second kappa shape index (κ2) is 11.3. The summed E-state index contributed by atoms with van der Waals surface area (Å²) in [6, 6.07) is 22.1. The number of nitrogens with zero attached hydrogens (tertiary/aromatic N) is 2. The molecular formula is C26H24N4O3.